The molecule has 2 heterocycles. The van der Waals surface area contributed by atoms with Crippen LogP contribution in [-0.2, 0) is 11.2 Å². The number of halogens is 1. The lowest BCUT2D eigenvalue weighted by Crippen LogP contribution is -2.42. The summed E-state index contributed by atoms with van der Waals surface area (Å²) in [7, 11) is 4.28. The van der Waals surface area contributed by atoms with Crippen LogP contribution in [0.15, 0.2) is 36.4 Å². The van der Waals surface area contributed by atoms with Crippen LogP contribution in [-0.4, -0.2) is 50.1 Å². The molecule has 154 valence electrons. The zero-order valence-corrected chi connectivity index (χ0v) is 17.3. The fourth-order valence-electron chi connectivity index (χ4n) is 4.38. The lowest BCUT2D eigenvalue weighted by molar-refractivity contribution is -0.116. The summed E-state index contributed by atoms with van der Waals surface area (Å²) in [5, 5.41) is 6.20. The van der Waals surface area contributed by atoms with E-state index in [0.29, 0.717) is 18.0 Å². The predicted octanol–water partition coefficient (Wildman–Crippen LogP) is 3.64. The number of nitrogens with one attached hydrogen (secondary N) is 2. The summed E-state index contributed by atoms with van der Waals surface area (Å²) in [6.07, 6.45) is 2.64. The van der Waals surface area contributed by atoms with E-state index >= 15 is 0 Å². The molecule has 2 aliphatic rings. The first-order valence-electron chi connectivity index (χ1n) is 10.3. The molecule has 1 fully saturated rings. The molecule has 1 saturated heterocycles. The minimum atomic E-state index is -0.458. The second-order valence-electron chi connectivity index (χ2n) is 8.34. The van der Waals surface area contributed by atoms with E-state index in [1.165, 1.54) is 6.07 Å². The van der Waals surface area contributed by atoms with Crippen molar-refractivity contribution in [2.75, 3.05) is 42.7 Å². The van der Waals surface area contributed by atoms with Gasteiger partial charge in [0.25, 0.3) is 0 Å². The number of carbonyl (C=O) groups excluding carboxylic acids is 1. The summed E-state index contributed by atoms with van der Waals surface area (Å²) in [5.41, 5.74) is 4.21. The molecule has 0 aromatic heterocycles. The topological polar surface area (TPSA) is 47.6 Å². The van der Waals surface area contributed by atoms with Gasteiger partial charge in [-0.15, -0.1) is 0 Å². The molecule has 1 atom stereocenters. The number of anilines is 3. The molecule has 0 radical (unpaired) electrons. The van der Waals surface area contributed by atoms with Gasteiger partial charge in [-0.2, -0.15) is 0 Å². The van der Waals surface area contributed by atoms with Crippen LogP contribution in [0, 0.1) is 12.7 Å². The Balaban J connectivity index is 1.41. The number of carbonyl (C=O) groups is 1. The van der Waals surface area contributed by atoms with Gasteiger partial charge >= 0.3 is 0 Å². The minimum Gasteiger partial charge on any atom is -0.373 e. The smallest absolute Gasteiger partial charge is 0.247 e. The third-order valence-corrected chi connectivity index (χ3v) is 6.18. The number of fused-ring (bicyclic) bond motifs is 1. The van der Waals surface area contributed by atoms with Crippen molar-refractivity contribution < 1.29 is 9.18 Å². The Morgan fingerprint density at radius 3 is 2.66 bits per heavy atom. The summed E-state index contributed by atoms with van der Waals surface area (Å²) in [6, 6.07) is 11.4. The number of rotatable bonds is 4. The first-order valence-corrected chi connectivity index (χ1v) is 10.3. The van der Waals surface area contributed by atoms with Gasteiger partial charge < -0.3 is 20.4 Å². The van der Waals surface area contributed by atoms with Crippen molar-refractivity contribution in [2.24, 2.45) is 0 Å². The summed E-state index contributed by atoms with van der Waals surface area (Å²) in [5.74, 6) is -0.389. The Kier molecular flexibility index (Phi) is 5.46. The van der Waals surface area contributed by atoms with Gasteiger partial charge in [-0.1, -0.05) is 12.1 Å². The monoisotopic (exact) mass is 396 g/mol. The van der Waals surface area contributed by atoms with Crippen LogP contribution in [0.4, 0.5) is 21.5 Å². The highest BCUT2D eigenvalue weighted by molar-refractivity contribution is 5.98. The van der Waals surface area contributed by atoms with E-state index in [9.17, 15) is 9.18 Å². The van der Waals surface area contributed by atoms with E-state index in [1.54, 1.807) is 6.07 Å². The van der Waals surface area contributed by atoms with Gasteiger partial charge in [0.05, 0.1) is 0 Å². The van der Waals surface area contributed by atoms with Crippen molar-refractivity contribution >= 4 is 23.0 Å². The van der Waals surface area contributed by atoms with E-state index < -0.39 is 6.04 Å². The largest absolute Gasteiger partial charge is 0.373 e. The Bertz CT molecular complexity index is 875. The number of benzene rings is 2. The third-order valence-electron chi connectivity index (χ3n) is 6.18. The second kappa shape index (κ2) is 8.03. The van der Waals surface area contributed by atoms with Crippen LogP contribution in [0.25, 0.3) is 0 Å². The van der Waals surface area contributed by atoms with E-state index in [-0.39, 0.29) is 11.7 Å². The highest BCUT2D eigenvalue weighted by Gasteiger charge is 2.30. The van der Waals surface area contributed by atoms with Crippen LogP contribution >= 0.6 is 0 Å². The fourth-order valence-corrected chi connectivity index (χ4v) is 4.38. The van der Waals surface area contributed by atoms with Crippen molar-refractivity contribution in [2.45, 2.75) is 38.3 Å². The third kappa shape index (κ3) is 4.08. The Morgan fingerprint density at radius 1 is 1.21 bits per heavy atom. The molecular weight excluding hydrogens is 367 g/mol. The molecule has 2 aliphatic heterocycles. The first kappa shape index (κ1) is 19.7. The molecule has 2 aromatic rings. The van der Waals surface area contributed by atoms with Crippen LogP contribution < -0.4 is 15.5 Å². The van der Waals surface area contributed by atoms with Crippen molar-refractivity contribution in [3.8, 4) is 0 Å². The number of piperidine rings is 1. The number of nitrogens with zero attached hydrogens (tertiary/aromatic N) is 2. The predicted molar refractivity (Wildman–Crippen MR) is 116 cm³/mol. The molecule has 1 amide bonds. The molecule has 5 nitrogen and oxygen atoms in total. The number of hydrogen-bond donors (Lipinski definition) is 2. The fraction of sp³-hybridized carbons (Fsp3) is 0.435. The van der Waals surface area contributed by atoms with Crippen molar-refractivity contribution in [3.05, 3.63) is 53.3 Å². The van der Waals surface area contributed by atoms with Gasteiger partial charge in [-0.05, 0) is 63.7 Å². The molecule has 29 heavy (non-hydrogen) atoms. The van der Waals surface area contributed by atoms with Crippen LogP contribution in [0.2, 0.25) is 0 Å². The summed E-state index contributed by atoms with van der Waals surface area (Å²) in [4.78, 5) is 17.5. The van der Waals surface area contributed by atoms with Gasteiger partial charge in [-0.25, -0.2) is 4.39 Å². The highest BCUT2D eigenvalue weighted by atomic mass is 19.1. The average molecular weight is 397 g/mol. The van der Waals surface area contributed by atoms with Crippen LogP contribution in [0.5, 0.6) is 0 Å². The second-order valence-corrected chi connectivity index (χ2v) is 8.34. The lowest BCUT2D eigenvalue weighted by Gasteiger charge is -2.36. The molecule has 4 rings (SSSR count). The Labute approximate surface area is 171 Å². The van der Waals surface area contributed by atoms with Crippen LogP contribution in [0.1, 0.15) is 24.0 Å². The van der Waals surface area contributed by atoms with E-state index in [0.717, 1.165) is 48.6 Å². The molecule has 0 aliphatic carbocycles. The highest BCUT2D eigenvalue weighted by Crippen LogP contribution is 2.32. The maximum Gasteiger partial charge on any atom is 0.247 e. The molecule has 6 heteroatoms. The zero-order chi connectivity index (χ0) is 20.5. The average Bonchev–Trinajstić information content (AvgIpc) is 3.18. The van der Waals surface area contributed by atoms with Gasteiger partial charge in [-0.3, -0.25) is 4.79 Å². The minimum absolute atomic E-state index is 0.136. The number of hydrogen-bond acceptors (Lipinski definition) is 4. The SMILES string of the molecule is Cc1ccc(F)c2c1NC(C(=O)Nc1cccc(N3CCC(N(C)C)CC3)c1)C2. The number of amides is 1. The molecule has 0 bridgehead atoms. The van der Waals surface area contributed by atoms with Crippen molar-refractivity contribution in [1.29, 1.82) is 0 Å². The van der Waals surface area contributed by atoms with Crippen molar-refractivity contribution in [3.63, 3.8) is 0 Å². The molecule has 1 unspecified atom stereocenters. The Morgan fingerprint density at radius 2 is 1.97 bits per heavy atom. The molecule has 2 aromatic carbocycles. The molecule has 0 spiro atoms. The summed E-state index contributed by atoms with van der Waals surface area (Å²) in [6.45, 7) is 3.95. The van der Waals surface area contributed by atoms with E-state index in [2.05, 4.69) is 40.6 Å². The summed E-state index contributed by atoms with van der Waals surface area (Å²) < 4.78 is 14.1. The molecule has 0 saturated carbocycles. The van der Waals surface area contributed by atoms with Gasteiger partial charge in [0.2, 0.25) is 5.91 Å². The zero-order valence-electron chi connectivity index (χ0n) is 17.3. The maximum atomic E-state index is 14.1. The maximum absolute atomic E-state index is 14.1. The van der Waals surface area contributed by atoms with Gasteiger partial charge in [0.15, 0.2) is 0 Å². The van der Waals surface area contributed by atoms with Crippen LogP contribution in [0.3, 0.4) is 0 Å². The van der Waals surface area contributed by atoms with E-state index in [1.807, 2.05) is 25.1 Å². The molecular formula is C23H29FN4O. The Hall–Kier alpha value is -2.60. The molecule has 2 N–H and O–H groups in total. The summed E-state index contributed by atoms with van der Waals surface area (Å²) >= 11 is 0. The van der Waals surface area contributed by atoms with Gasteiger partial charge in [0.1, 0.15) is 11.9 Å². The lowest BCUT2D eigenvalue weighted by atomic mass is 10.0. The first-order chi connectivity index (χ1) is 13.9. The van der Waals surface area contributed by atoms with Gasteiger partial charge in [0, 0.05) is 48.2 Å². The van der Waals surface area contributed by atoms with Crippen molar-refractivity contribution in [1.82, 2.24) is 4.90 Å². The normalized spacial score (nSPS) is 19.2. The van der Waals surface area contributed by atoms with E-state index in [4.69, 9.17) is 0 Å². The number of aryl methyl sites for hydroxylation is 1. The quantitative estimate of drug-likeness (QED) is 0.828. The standard InChI is InChI=1S/C23H29FN4O/c1-15-7-8-20(24)19-14-21(26-22(15)19)23(29)25-16-5-4-6-18(13-16)28-11-9-17(10-12-28)27(2)3/h4-8,13,17,21,26H,9-12,14H2,1-3H3,(H,25,29).